The van der Waals surface area contributed by atoms with Gasteiger partial charge in [-0.05, 0) is 60.8 Å². The molecule has 0 aliphatic carbocycles. The highest BCUT2D eigenvalue weighted by Crippen LogP contribution is 2.14. The number of thioether (sulfide) groups is 2. The standard InChI is InChI=1S/C22H30O8S2/c23-19(24)9-3-13-31-15-5-11-29-21(27)17-7-1-2-8-18(17)22(28)30-12-6-16-32-14-4-10-20(25)26/h1-2,7-8H,3-6,9-16H2,(H,23,24)(H,25,26). The van der Waals surface area contributed by atoms with Crippen LogP contribution in [0.5, 0.6) is 0 Å². The molecule has 0 bridgehead atoms. The van der Waals surface area contributed by atoms with E-state index in [4.69, 9.17) is 19.7 Å². The van der Waals surface area contributed by atoms with Gasteiger partial charge in [0.2, 0.25) is 0 Å². The molecule has 0 aliphatic rings. The minimum Gasteiger partial charge on any atom is -0.481 e. The Morgan fingerprint density at radius 3 is 1.41 bits per heavy atom. The number of esters is 2. The van der Waals surface area contributed by atoms with Gasteiger partial charge < -0.3 is 19.7 Å². The number of carbonyl (C=O) groups is 4. The molecule has 0 heterocycles. The second-order valence-electron chi connectivity index (χ2n) is 6.74. The van der Waals surface area contributed by atoms with E-state index in [-0.39, 0.29) is 37.2 Å². The first-order valence-electron chi connectivity index (χ1n) is 10.4. The summed E-state index contributed by atoms with van der Waals surface area (Å²) in [6.45, 7) is 0.431. The van der Waals surface area contributed by atoms with E-state index >= 15 is 0 Å². The molecule has 32 heavy (non-hydrogen) atoms. The number of aliphatic carboxylic acids is 2. The first-order chi connectivity index (χ1) is 15.4. The van der Waals surface area contributed by atoms with Crippen molar-refractivity contribution in [2.45, 2.75) is 38.5 Å². The van der Waals surface area contributed by atoms with Gasteiger partial charge in [0.15, 0.2) is 0 Å². The van der Waals surface area contributed by atoms with Crippen molar-refractivity contribution in [3.05, 3.63) is 35.4 Å². The largest absolute Gasteiger partial charge is 0.481 e. The van der Waals surface area contributed by atoms with Crippen molar-refractivity contribution in [3.63, 3.8) is 0 Å². The summed E-state index contributed by atoms with van der Waals surface area (Å²) in [5.41, 5.74) is 0.323. The topological polar surface area (TPSA) is 127 Å². The normalized spacial score (nSPS) is 10.5. The molecule has 0 radical (unpaired) electrons. The molecule has 0 saturated heterocycles. The third kappa shape index (κ3) is 13.3. The van der Waals surface area contributed by atoms with Crippen LogP contribution in [0, 0.1) is 0 Å². The molecule has 0 unspecified atom stereocenters. The van der Waals surface area contributed by atoms with E-state index in [1.165, 1.54) is 12.1 Å². The molecule has 0 atom stereocenters. The molecule has 0 saturated carbocycles. The Labute approximate surface area is 196 Å². The number of benzene rings is 1. The number of hydrogen-bond acceptors (Lipinski definition) is 8. The summed E-state index contributed by atoms with van der Waals surface area (Å²) >= 11 is 3.23. The maximum absolute atomic E-state index is 12.4. The first-order valence-corrected chi connectivity index (χ1v) is 12.7. The lowest BCUT2D eigenvalue weighted by molar-refractivity contribution is -0.138. The Morgan fingerprint density at radius 2 is 1.03 bits per heavy atom. The molecule has 0 fully saturated rings. The summed E-state index contributed by atoms with van der Waals surface area (Å²) in [7, 11) is 0. The highest BCUT2D eigenvalue weighted by molar-refractivity contribution is 7.99. The zero-order valence-electron chi connectivity index (χ0n) is 18.0. The van der Waals surface area contributed by atoms with E-state index in [2.05, 4.69) is 0 Å². The molecule has 0 amide bonds. The monoisotopic (exact) mass is 486 g/mol. The Kier molecular flexibility index (Phi) is 15.1. The quantitative estimate of drug-likeness (QED) is 0.232. The molecule has 8 nitrogen and oxygen atoms in total. The SMILES string of the molecule is O=C(O)CCCSCCCOC(=O)c1ccccc1C(=O)OCCCSCCCC(=O)O. The van der Waals surface area contributed by atoms with Crippen LogP contribution >= 0.6 is 23.5 Å². The van der Waals surface area contributed by atoms with E-state index in [1.54, 1.807) is 35.7 Å². The minimum absolute atomic E-state index is 0.153. The molecule has 0 aromatic heterocycles. The fraction of sp³-hybridized carbons (Fsp3) is 0.545. The molecule has 0 spiro atoms. The van der Waals surface area contributed by atoms with Crippen LogP contribution in [0.1, 0.15) is 59.2 Å². The molecular weight excluding hydrogens is 456 g/mol. The van der Waals surface area contributed by atoms with Crippen LogP contribution in [0.15, 0.2) is 24.3 Å². The first kappa shape index (κ1) is 27.8. The second kappa shape index (κ2) is 17.4. The zero-order valence-corrected chi connectivity index (χ0v) is 19.6. The van der Waals surface area contributed by atoms with Gasteiger partial charge in [0.1, 0.15) is 0 Å². The van der Waals surface area contributed by atoms with Gasteiger partial charge in [0, 0.05) is 12.8 Å². The summed E-state index contributed by atoms with van der Waals surface area (Å²) in [5.74, 6) is 0.235. The Bertz CT molecular complexity index is 677. The number of carboxylic acid groups (broad SMARTS) is 2. The highest BCUT2D eigenvalue weighted by Gasteiger charge is 2.18. The van der Waals surface area contributed by atoms with E-state index in [1.807, 2.05) is 0 Å². The number of carbonyl (C=O) groups excluding carboxylic acids is 2. The summed E-state index contributed by atoms with van der Waals surface area (Å²) in [6.07, 6.45) is 2.80. The molecule has 1 aromatic rings. The second-order valence-corrected chi connectivity index (χ2v) is 9.19. The van der Waals surface area contributed by atoms with Crippen molar-refractivity contribution < 1.29 is 38.9 Å². The Balaban J connectivity index is 2.28. The number of carboxylic acids is 2. The lowest BCUT2D eigenvalue weighted by Crippen LogP contribution is -2.15. The van der Waals surface area contributed by atoms with Crippen LogP contribution < -0.4 is 0 Å². The van der Waals surface area contributed by atoms with E-state index in [9.17, 15) is 19.2 Å². The smallest absolute Gasteiger partial charge is 0.339 e. The highest BCUT2D eigenvalue weighted by atomic mass is 32.2. The summed E-state index contributed by atoms with van der Waals surface area (Å²) in [4.78, 5) is 45.6. The van der Waals surface area contributed by atoms with Crippen LogP contribution in [0.25, 0.3) is 0 Å². The van der Waals surface area contributed by atoms with Gasteiger partial charge in [-0.25, -0.2) is 9.59 Å². The number of hydrogen-bond donors (Lipinski definition) is 2. The van der Waals surface area contributed by atoms with Crippen LogP contribution in [-0.2, 0) is 19.1 Å². The van der Waals surface area contributed by atoms with Crippen molar-refractivity contribution in [3.8, 4) is 0 Å². The van der Waals surface area contributed by atoms with Crippen LogP contribution in [0.4, 0.5) is 0 Å². The Morgan fingerprint density at radius 1 is 0.656 bits per heavy atom. The van der Waals surface area contributed by atoms with Gasteiger partial charge in [0.25, 0.3) is 0 Å². The molecule has 0 aliphatic heterocycles. The predicted octanol–water partition coefficient (Wildman–Crippen LogP) is 3.98. The van der Waals surface area contributed by atoms with E-state index in [0.29, 0.717) is 25.7 Å². The molecule has 178 valence electrons. The van der Waals surface area contributed by atoms with E-state index < -0.39 is 23.9 Å². The van der Waals surface area contributed by atoms with Gasteiger partial charge >= 0.3 is 23.9 Å². The fourth-order valence-electron chi connectivity index (χ4n) is 2.50. The molecule has 2 N–H and O–H groups in total. The van der Waals surface area contributed by atoms with Crippen LogP contribution in [0.2, 0.25) is 0 Å². The number of rotatable bonds is 18. The minimum atomic E-state index is -0.802. The van der Waals surface area contributed by atoms with Crippen LogP contribution in [-0.4, -0.2) is 70.3 Å². The van der Waals surface area contributed by atoms with Gasteiger partial charge in [-0.2, -0.15) is 23.5 Å². The van der Waals surface area contributed by atoms with Crippen molar-refractivity contribution >= 4 is 47.4 Å². The average Bonchev–Trinajstić information content (AvgIpc) is 2.76. The molecule has 1 rings (SSSR count). The van der Waals surface area contributed by atoms with Gasteiger partial charge in [-0.3, -0.25) is 9.59 Å². The van der Waals surface area contributed by atoms with Crippen molar-refractivity contribution in [1.82, 2.24) is 0 Å². The zero-order chi connectivity index (χ0) is 23.6. The molecule has 1 aromatic carbocycles. The molecule has 10 heteroatoms. The lowest BCUT2D eigenvalue weighted by Gasteiger charge is -2.10. The van der Waals surface area contributed by atoms with Gasteiger partial charge in [-0.1, -0.05) is 12.1 Å². The Hall–Kier alpha value is -2.20. The van der Waals surface area contributed by atoms with E-state index in [0.717, 1.165) is 23.0 Å². The summed E-state index contributed by atoms with van der Waals surface area (Å²) < 4.78 is 10.5. The third-order valence-corrected chi connectivity index (χ3v) is 6.37. The lowest BCUT2D eigenvalue weighted by atomic mass is 10.1. The van der Waals surface area contributed by atoms with Crippen molar-refractivity contribution in [2.24, 2.45) is 0 Å². The predicted molar refractivity (Wildman–Crippen MR) is 125 cm³/mol. The van der Waals surface area contributed by atoms with Crippen LogP contribution in [0.3, 0.4) is 0 Å². The maximum Gasteiger partial charge on any atom is 0.339 e. The fourth-order valence-corrected chi connectivity index (χ4v) is 4.25. The molecular formula is C22H30O8S2. The van der Waals surface area contributed by atoms with Crippen molar-refractivity contribution in [2.75, 3.05) is 36.2 Å². The summed E-state index contributed by atoms with van der Waals surface area (Å²) in [6, 6.07) is 6.36. The average molecular weight is 487 g/mol. The maximum atomic E-state index is 12.4. The third-order valence-electron chi connectivity index (χ3n) is 4.06. The van der Waals surface area contributed by atoms with Crippen molar-refractivity contribution in [1.29, 1.82) is 0 Å². The van der Waals surface area contributed by atoms with Gasteiger partial charge in [0.05, 0.1) is 24.3 Å². The summed E-state index contributed by atoms with van der Waals surface area (Å²) in [5, 5.41) is 17.2. The van der Waals surface area contributed by atoms with Gasteiger partial charge in [-0.15, -0.1) is 0 Å². The number of ether oxygens (including phenoxy) is 2.